The Bertz CT molecular complexity index is 445. The van der Waals surface area contributed by atoms with Crippen molar-refractivity contribution in [2.24, 2.45) is 5.73 Å². The molecule has 3 nitrogen and oxygen atoms in total. The molecule has 2 rings (SSSR count). The van der Waals surface area contributed by atoms with Crippen molar-refractivity contribution in [2.75, 3.05) is 6.54 Å². The van der Waals surface area contributed by atoms with Gasteiger partial charge >= 0.3 is 0 Å². The van der Waals surface area contributed by atoms with Crippen molar-refractivity contribution >= 4 is 5.91 Å². The van der Waals surface area contributed by atoms with Gasteiger partial charge < -0.3 is 11.1 Å². The number of carbonyl (C=O) groups is 1. The van der Waals surface area contributed by atoms with Gasteiger partial charge in [0.15, 0.2) is 0 Å². The Morgan fingerprint density at radius 2 is 1.80 bits per heavy atom. The van der Waals surface area contributed by atoms with Crippen LogP contribution in [0.15, 0.2) is 24.3 Å². The van der Waals surface area contributed by atoms with Gasteiger partial charge in [0.25, 0.3) is 5.91 Å². The zero-order chi connectivity index (χ0) is 14.6. The zero-order valence-electron chi connectivity index (χ0n) is 12.6. The summed E-state index contributed by atoms with van der Waals surface area (Å²) in [6.07, 6.45) is 5.56. The quantitative estimate of drug-likeness (QED) is 0.886. The van der Waals surface area contributed by atoms with Crippen molar-refractivity contribution in [1.29, 1.82) is 0 Å². The third-order valence-corrected chi connectivity index (χ3v) is 4.42. The third-order valence-electron chi connectivity index (χ3n) is 4.42. The number of nitrogens with two attached hydrogens (primary N) is 1. The smallest absolute Gasteiger partial charge is 0.251 e. The number of carbonyl (C=O) groups excluding carboxylic acids is 1. The number of nitrogens with one attached hydrogen (secondary N) is 1. The molecular weight excluding hydrogens is 248 g/mol. The van der Waals surface area contributed by atoms with Gasteiger partial charge in [0.2, 0.25) is 0 Å². The fourth-order valence-electron chi connectivity index (χ4n) is 2.94. The van der Waals surface area contributed by atoms with Gasteiger partial charge in [-0.05, 0) is 36.5 Å². The van der Waals surface area contributed by atoms with Crippen molar-refractivity contribution in [3.05, 3.63) is 35.4 Å². The molecule has 1 amide bonds. The van der Waals surface area contributed by atoms with Crippen LogP contribution in [0.4, 0.5) is 0 Å². The maximum absolute atomic E-state index is 12.4. The highest BCUT2D eigenvalue weighted by Gasteiger charge is 2.32. The zero-order valence-corrected chi connectivity index (χ0v) is 12.6. The second kappa shape index (κ2) is 6.40. The van der Waals surface area contributed by atoms with Gasteiger partial charge in [-0.25, -0.2) is 0 Å². The molecule has 110 valence electrons. The molecule has 3 heteroatoms. The first-order chi connectivity index (χ1) is 9.56. The second-order valence-electron chi connectivity index (χ2n) is 6.28. The molecule has 0 bridgehead atoms. The Balaban J connectivity index is 2.06. The summed E-state index contributed by atoms with van der Waals surface area (Å²) in [6, 6.07) is 7.90. The largest absolute Gasteiger partial charge is 0.345 e. The summed E-state index contributed by atoms with van der Waals surface area (Å²) in [7, 11) is 0. The van der Waals surface area contributed by atoms with Gasteiger partial charge in [0, 0.05) is 12.1 Å². The van der Waals surface area contributed by atoms with E-state index in [2.05, 4.69) is 19.2 Å². The van der Waals surface area contributed by atoms with Crippen LogP contribution in [0.3, 0.4) is 0 Å². The summed E-state index contributed by atoms with van der Waals surface area (Å²) in [5.41, 5.74) is 7.71. The Labute approximate surface area is 121 Å². The molecule has 1 aromatic carbocycles. The standard InChI is InChI=1S/C17H26N2O/c1-13(2)14-6-8-15(9-7-14)16(20)19-17(12-18)10-4-3-5-11-17/h6-9,13H,3-5,10-12,18H2,1-2H3,(H,19,20). The van der Waals surface area contributed by atoms with Crippen molar-refractivity contribution < 1.29 is 4.79 Å². The number of hydrogen-bond acceptors (Lipinski definition) is 2. The molecule has 0 aromatic heterocycles. The molecule has 1 fully saturated rings. The van der Waals surface area contributed by atoms with Gasteiger partial charge in [0.05, 0.1) is 5.54 Å². The van der Waals surface area contributed by atoms with E-state index in [4.69, 9.17) is 5.73 Å². The first kappa shape index (κ1) is 15.0. The van der Waals surface area contributed by atoms with Crippen molar-refractivity contribution in [3.63, 3.8) is 0 Å². The summed E-state index contributed by atoms with van der Waals surface area (Å²) < 4.78 is 0. The lowest BCUT2D eigenvalue weighted by Gasteiger charge is -2.37. The Morgan fingerprint density at radius 3 is 2.30 bits per heavy atom. The lowest BCUT2D eigenvalue weighted by Crippen LogP contribution is -2.54. The lowest BCUT2D eigenvalue weighted by atomic mass is 9.81. The molecule has 1 saturated carbocycles. The average Bonchev–Trinajstić information content (AvgIpc) is 2.48. The molecule has 1 aliphatic rings. The van der Waals surface area contributed by atoms with Gasteiger partial charge in [-0.2, -0.15) is 0 Å². The van der Waals surface area contributed by atoms with E-state index in [1.807, 2.05) is 24.3 Å². The number of rotatable bonds is 4. The van der Waals surface area contributed by atoms with Crippen LogP contribution in [0.1, 0.15) is 67.8 Å². The van der Waals surface area contributed by atoms with Crippen LogP contribution in [0.2, 0.25) is 0 Å². The van der Waals surface area contributed by atoms with Gasteiger partial charge in [-0.1, -0.05) is 45.2 Å². The van der Waals surface area contributed by atoms with E-state index in [1.54, 1.807) is 0 Å². The van der Waals surface area contributed by atoms with Crippen LogP contribution >= 0.6 is 0 Å². The van der Waals surface area contributed by atoms with E-state index in [9.17, 15) is 4.79 Å². The Hall–Kier alpha value is -1.35. The van der Waals surface area contributed by atoms with E-state index >= 15 is 0 Å². The molecular formula is C17H26N2O. The number of hydrogen-bond donors (Lipinski definition) is 2. The maximum atomic E-state index is 12.4. The molecule has 0 saturated heterocycles. The van der Waals surface area contributed by atoms with Crippen molar-refractivity contribution in [1.82, 2.24) is 5.32 Å². The highest BCUT2D eigenvalue weighted by Crippen LogP contribution is 2.27. The van der Waals surface area contributed by atoms with E-state index in [-0.39, 0.29) is 11.4 Å². The monoisotopic (exact) mass is 274 g/mol. The summed E-state index contributed by atoms with van der Waals surface area (Å²) in [4.78, 5) is 12.4. The summed E-state index contributed by atoms with van der Waals surface area (Å²) >= 11 is 0. The van der Waals surface area contributed by atoms with Crippen molar-refractivity contribution in [3.8, 4) is 0 Å². The van der Waals surface area contributed by atoms with Crippen LogP contribution in [0.25, 0.3) is 0 Å². The van der Waals surface area contributed by atoms with Crippen LogP contribution in [-0.2, 0) is 0 Å². The highest BCUT2D eigenvalue weighted by atomic mass is 16.1. The molecule has 0 radical (unpaired) electrons. The maximum Gasteiger partial charge on any atom is 0.251 e. The predicted octanol–water partition coefficient (Wildman–Crippen LogP) is 3.20. The van der Waals surface area contributed by atoms with Crippen LogP contribution in [0.5, 0.6) is 0 Å². The van der Waals surface area contributed by atoms with Crippen LogP contribution in [0, 0.1) is 0 Å². The van der Waals surface area contributed by atoms with Crippen molar-refractivity contribution in [2.45, 2.75) is 57.4 Å². The molecule has 0 aliphatic heterocycles. The van der Waals surface area contributed by atoms with Crippen LogP contribution < -0.4 is 11.1 Å². The highest BCUT2D eigenvalue weighted by molar-refractivity contribution is 5.94. The minimum absolute atomic E-state index is 0.00709. The van der Waals surface area contributed by atoms with Gasteiger partial charge in [-0.3, -0.25) is 4.79 Å². The number of amides is 1. The molecule has 0 unspecified atom stereocenters. The summed E-state index contributed by atoms with van der Waals surface area (Å²) in [5, 5.41) is 3.18. The van der Waals surface area contributed by atoms with E-state index < -0.39 is 0 Å². The number of benzene rings is 1. The Morgan fingerprint density at radius 1 is 1.20 bits per heavy atom. The van der Waals surface area contributed by atoms with Gasteiger partial charge in [-0.15, -0.1) is 0 Å². The first-order valence-corrected chi connectivity index (χ1v) is 7.69. The molecule has 0 atom stereocenters. The molecule has 0 spiro atoms. The summed E-state index contributed by atoms with van der Waals surface area (Å²) in [6.45, 7) is 4.84. The minimum Gasteiger partial charge on any atom is -0.345 e. The molecule has 1 aliphatic carbocycles. The van der Waals surface area contributed by atoms with E-state index in [0.717, 1.165) is 31.2 Å². The lowest BCUT2D eigenvalue weighted by molar-refractivity contribution is 0.0874. The molecule has 3 N–H and O–H groups in total. The van der Waals surface area contributed by atoms with E-state index in [1.165, 1.54) is 12.0 Å². The Kier molecular flexibility index (Phi) is 4.81. The average molecular weight is 274 g/mol. The third kappa shape index (κ3) is 3.40. The summed E-state index contributed by atoms with van der Waals surface area (Å²) in [5.74, 6) is 0.494. The second-order valence-corrected chi connectivity index (χ2v) is 6.28. The SMILES string of the molecule is CC(C)c1ccc(C(=O)NC2(CN)CCCCC2)cc1. The molecule has 1 aromatic rings. The first-order valence-electron chi connectivity index (χ1n) is 7.69. The van der Waals surface area contributed by atoms with E-state index in [0.29, 0.717) is 12.5 Å². The van der Waals surface area contributed by atoms with Gasteiger partial charge in [0.1, 0.15) is 0 Å². The normalized spacial score (nSPS) is 18.0. The topological polar surface area (TPSA) is 55.1 Å². The fraction of sp³-hybridized carbons (Fsp3) is 0.588. The fourth-order valence-corrected chi connectivity index (χ4v) is 2.94. The molecule has 20 heavy (non-hydrogen) atoms. The molecule has 0 heterocycles. The minimum atomic E-state index is -0.188. The predicted molar refractivity (Wildman–Crippen MR) is 82.9 cm³/mol. The van der Waals surface area contributed by atoms with Crippen LogP contribution in [-0.4, -0.2) is 18.0 Å².